The van der Waals surface area contributed by atoms with Gasteiger partial charge < -0.3 is 10.5 Å². The van der Waals surface area contributed by atoms with Gasteiger partial charge in [-0.1, -0.05) is 10.5 Å². The molecule has 0 saturated heterocycles. The van der Waals surface area contributed by atoms with Gasteiger partial charge in [-0.2, -0.15) is 0 Å². The predicted octanol–water partition coefficient (Wildman–Crippen LogP) is -0.0585. The second-order valence-electron chi connectivity index (χ2n) is 3.30. The molecule has 2 N–H and O–H groups in total. The van der Waals surface area contributed by atoms with Gasteiger partial charge >= 0.3 is 0 Å². The lowest BCUT2D eigenvalue weighted by Crippen LogP contribution is -2.32. The number of nitrogens with zero attached hydrogens (tertiary/aromatic N) is 1. The van der Waals surface area contributed by atoms with Crippen molar-refractivity contribution in [3.63, 3.8) is 0 Å². The van der Waals surface area contributed by atoms with Crippen LogP contribution in [0.4, 0.5) is 0 Å². The van der Waals surface area contributed by atoms with Crippen LogP contribution >= 0.6 is 0 Å². The molecule has 8 heteroatoms. The molecule has 0 aromatic heterocycles. The molecule has 0 radical (unpaired) electrons. The smallest absolute Gasteiger partial charge is 0.267 e. The first-order valence-electron chi connectivity index (χ1n) is 4.89. The average Bonchev–Trinajstić information content (AvgIpc) is 2.35. The molecule has 1 amide bonds. The van der Waals surface area contributed by atoms with Crippen molar-refractivity contribution < 1.29 is 22.8 Å². The van der Waals surface area contributed by atoms with Crippen LogP contribution < -0.4 is 5.73 Å². The minimum atomic E-state index is -3.89. The third-order valence-electron chi connectivity index (χ3n) is 2.12. The molecule has 7 nitrogen and oxygen atoms in total. The highest BCUT2D eigenvalue weighted by Gasteiger charge is 2.25. The zero-order valence-corrected chi connectivity index (χ0v) is 10.8. The molecule has 100 valence electrons. The Labute approximate surface area is 105 Å². The van der Waals surface area contributed by atoms with Crippen molar-refractivity contribution in [2.45, 2.75) is 4.90 Å². The Morgan fingerprint density at radius 3 is 2.56 bits per heavy atom. The lowest BCUT2D eigenvalue weighted by Gasteiger charge is -2.18. The number of hydrogen-bond acceptors (Lipinski definition) is 5. The first-order chi connectivity index (χ1) is 8.43. The molecule has 0 aliphatic rings. The van der Waals surface area contributed by atoms with Gasteiger partial charge in [-0.3, -0.25) is 9.63 Å². The van der Waals surface area contributed by atoms with Crippen molar-refractivity contribution in [2.75, 3.05) is 21.0 Å². The summed E-state index contributed by atoms with van der Waals surface area (Å²) in [6.45, 7) is -0.264. The summed E-state index contributed by atoms with van der Waals surface area (Å²) >= 11 is 0. The molecule has 1 aromatic carbocycles. The summed E-state index contributed by atoms with van der Waals surface area (Å²) in [5.41, 5.74) is 5.19. The number of sulfonamides is 1. The maximum atomic E-state index is 12.1. The number of nitrogens with two attached hydrogens (primary N) is 1. The highest BCUT2D eigenvalue weighted by atomic mass is 32.2. The lowest BCUT2D eigenvalue weighted by atomic mass is 10.2. The van der Waals surface area contributed by atoms with Crippen LogP contribution in [0.25, 0.3) is 0 Å². The third-order valence-corrected chi connectivity index (χ3v) is 3.76. The quantitative estimate of drug-likeness (QED) is 0.579. The number of methoxy groups -OCH3 is 1. The van der Waals surface area contributed by atoms with Crippen LogP contribution in [0.3, 0.4) is 0 Å². The zero-order chi connectivity index (χ0) is 13.8. The summed E-state index contributed by atoms with van der Waals surface area (Å²) < 4.78 is 29.6. The molecule has 0 bridgehead atoms. The summed E-state index contributed by atoms with van der Waals surface area (Å²) in [6.07, 6.45) is 0. The van der Waals surface area contributed by atoms with Gasteiger partial charge in [0.25, 0.3) is 10.0 Å². The largest absolute Gasteiger partial charge is 0.366 e. The minimum Gasteiger partial charge on any atom is -0.366 e. The molecular formula is C10H14N2O5S. The first kappa shape index (κ1) is 14.6. The van der Waals surface area contributed by atoms with Crippen LogP contribution in [0.5, 0.6) is 0 Å². The average molecular weight is 274 g/mol. The summed E-state index contributed by atoms with van der Waals surface area (Å²) in [4.78, 5) is 15.6. The van der Waals surface area contributed by atoms with Gasteiger partial charge in [0.05, 0.1) is 12.0 Å². The highest BCUT2D eigenvalue weighted by molar-refractivity contribution is 7.89. The van der Waals surface area contributed by atoms with Gasteiger partial charge in [-0.25, -0.2) is 8.42 Å². The maximum absolute atomic E-state index is 12.1. The molecule has 0 saturated carbocycles. The number of benzene rings is 1. The fraction of sp³-hybridized carbons (Fsp3) is 0.300. The maximum Gasteiger partial charge on any atom is 0.267 e. The van der Waals surface area contributed by atoms with Gasteiger partial charge in [0.15, 0.2) is 0 Å². The molecule has 0 heterocycles. The van der Waals surface area contributed by atoms with Crippen LogP contribution in [0.1, 0.15) is 10.4 Å². The zero-order valence-electron chi connectivity index (χ0n) is 9.99. The SMILES string of the molecule is COCN(OC)S(=O)(=O)c1cccc(C(N)=O)c1. The second-order valence-corrected chi connectivity index (χ2v) is 5.13. The summed E-state index contributed by atoms with van der Waals surface area (Å²) in [5.74, 6) is -0.706. The second kappa shape index (κ2) is 5.91. The van der Waals surface area contributed by atoms with E-state index in [0.717, 1.165) is 0 Å². The Bertz CT molecular complexity index is 529. The van der Waals surface area contributed by atoms with E-state index < -0.39 is 15.9 Å². The van der Waals surface area contributed by atoms with Crippen LogP contribution in [-0.4, -0.2) is 39.7 Å². The van der Waals surface area contributed by atoms with E-state index >= 15 is 0 Å². The van der Waals surface area contributed by atoms with Crippen molar-refractivity contribution >= 4 is 15.9 Å². The van der Waals surface area contributed by atoms with E-state index in [2.05, 4.69) is 0 Å². The Morgan fingerprint density at radius 2 is 2.06 bits per heavy atom. The van der Waals surface area contributed by atoms with Crippen molar-refractivity contribution in [3.8, 4) is 0 Å². The number of rotatable bonds is 6. The predicted molar refractivity (Wildman–Crippen MR) is 62.9 cm³/mol. The molecule has 1 aromatic rings. The Kier molecular flexibility index (Phi) is 4.79. The van der Waals surface area contributed by atoms with Gasteiger partial charge in [0, 0.05) is 12.7 Å². The molecule has 0 atom stereocenters. The van der Waals surface area contributed by atoms with E-state index in [-0.39, 0.29) is 17.2 Å². The van der Waals surface area contributed by atoms with Crippen LogP contribution in [0, 0.1) is 0 Å². The van der Waals surface area contributed by atoms with Crippen molar-refractivity contribution in [2.24, 2.45) is 5.73 Å². The van der Waals surface area contributed by atoms with E-state index in [1.54, 1.807) is 0 Å². The number of primary amides is 1. The fourth-order valence-corrected chi connectivity index (χ4v) is 2.46. The monoisotopic (exact) mass is 274 g/mol. The van der Waals surface area contributed by atoms with Gasteiger partial charge in [0.2, 0.25) is 5.91 Å². The van der Waals surface area contributed by atoms with E-state index in [1.807, 2.05) is 0 Å². The van der Waals surface area contributed by atoms with E-state index in [1.165, 1.54) is 38.5 Å². The topological polar surface area (TPSA) is 98.9 Å². The minimum absolute atomic E-state index is 0.0994. The summed E-state index contributed by atoms with van der Waals surface area (Å²) in [6, 6.07) is 5.37. The van der Waals surface area contributed by atoms with Crippen LogP contribution in [0.2, 0.25) is 0 Å². The Balaban J connectivity index is 3.19. The summed E-state index contributed by atoms with van der Waals surface area (Å²) in [5, 5.41) is 0. The number of ether oxygens (including phenoxy) is 1. The normalized spacial score (nSPS) is 11.7. The number of carbonyl (C=O) groups excluding carboxylic acids is 1. The molecule has 0 spiro atoms. The van der Waals surface area contributed by atoms with Gasteiger partial charge in [-0.05, 0) is 18.2 Å². The standard InChI is InChI=1S/C10H14N2O5S/c1-16-7-12(17-2)18(14,15)9-5-3-4-8(6-9)10(11)13/h3-6H,7H2,1-2H3,(H2,11,13). The molecule has 0 aliphatic carbocycles. The van der Waals surface area contributed by atoms with Crippen LogP contribution in [0.15, 0.2) is 29.2 Å². The van der Waals surface area contributed by atoms with E-state index in [0.29, 0.717) is 4.47 Å². The van der Waals surface area contributed by atoms with Crippen molar-refractivity contribution in [1.82, 2.24) is 4.47 Å². The van der Waals surface area contributed by atoms with Crippen LogP contribution in [-0.2, 0) is 19.6 Å². The molecular weight excluding hydrogens is 260 g/mol. The van der Waals surface area contributed by atoms with E-state index in [9.17, 15) is 13.2 Å². The third kappa shape index (κ3) is 3.05. The summed E-state index contributed by atoms with van der Waals surface area (Å²) in [7, 11) is -1.35. The molecule has 18 heavy (non-hydrogen) atoms. The molecule has 1 rings (SSSR count). The van der Waals surface area contributed by atoms with Crippen molar-refractivity contribution in [3.05, 3.63) is 29.8 Å². The molecule has 0 aliphatic heterocycles. The molecule has 0 fully saturated rings. The first-order valence-corrected chi connectivity index (χ1v) is 6.33. The number of amides is 1. The van der Waals surface area contributed by atoms with Gasteiger partial charge in [0.1, 0.15) is 6.73 Å². The Hall–Kier alpha value is -1.48. The fourth-order valence-electron chi connectivity index (χ4n) is 1.25. The number of hydroxylamine groups is 1. The lowest BCUT2D eigenvalue weighted by molar-refractivity contribution is -0.108. The number of hydrogen-bond donors (Lipinski definition) is 1. The van der Waals surface area contributed by atoms with Crippen molar-refractivity contribution in [1.29, 1.82) is 0 Å². The number of carbonyl (C=O) groups is 1. The van der Waals surface area contributed by atoms with Gasteiger partial charge in [-0.15, -0.1) is 0 Å². The highest BCUT2D eigenvalue weighted by Crippen LogP contribution is 2.16. The molecule has 0 unspecified atom stereocenters. The van der Waals surface area contributed by atoms with E-state index in [4.69, 9.17) is 15.3 Å². The Morgan fingerprint density at radius 1 is 1.39 bits per heavy atom.